The number of rotatable bonds is 5. The van der Waals surface area contributed by atoms with Crippen molar-refractivity contribution >= 4 is 40.0 Å². The minimum atomic E-state index is -0.334. The summed E-state index contributed by atoms with van der Waals surface area (Å²) in [6.07, 6.45) is 4.65. The molecular formula is C22H23ClN6O2. The largest absolute Gasteiger partial charge is 0.348 e. The van der Waals surface area contributed by atoms with Crippen molar-refractivity contribution in [3.05, 3.63) is 53.8 Å². The van der Waals surface area contributed by atoms with Gasteiger partial charge < -0.3 is 15.5 Å². The highest BCUT2D eigenvalue weighted by molar-refractivity contribution is 6.31. The van der Waals surface area contributed by atoms with Crippen LogP contribution in [0.2, 0.25) is 5.02 Å². The Hall–Kier alpha value is -3.23. The fourth-order valence-corrected chi connectivity index (χ4v) is 3.89. The summed E-state index contributed by atoms with van der Waals surface area (Å²) in [6, 6.07) is 7.09. The molecule has 2 aromatic heterocycles. The highest BCUT2D eigenvalue weighted by atomic mass is 35.5. The molecule has 4 rings (SSSR count). The van der Waals surface area contributed by atoms with Gasteiger partial charge in [-0.1, -0.05) is 18.2 Å². The molecule has 1 aliphatic rings. The van der Waals surface area contributed by atoms with Crippen molar-refractivity contribution in [3.63, 3.8) is 0 Å². The minimum absolute atomic E-state index is 0.140. The van der Waals surface area contributed by atoms with Gasteiger partial charge in [0.05, 0.1) is 17.4 Å². The van der Waals surface area contributed by atoms with E-state index in [1.807, 2.05) is 0 Å². The normalized spacial score (nSPS) is 15.0. The molecule has 0 atom stereocenters. The first-order valence-corrected chi connectivity index (χ1v) is 10.4. The summed E-state index contributed by atoms with van der Waals surface area (Å²) in [5.41, 5.74) is 2.84. The summed E-state index contributed by atoms with van der Waals surface area (Å²) < 4.78 is 0. The standard InChI is InChI=1S/C22H23ClN6O2/c1-3-20(30)25-16-9-13(8-14(23)10-16)18-11-17-19(12-24-18)27-28-21(17)22(31)26-15-4-6-29(2)7-5-15/h3,8-12,15H,1,4-7H2,2H3,(H,25,30)(H,26,31)(H,27,28). The number of H-pyrrole nitrogens is 1. The van der Waals surface area contributed by atoms with Gasteiger partial charge in [0.15, 0.2) is 5.69 Å². The lowest BCUT2D eigenvalue weighted by atomic mass is 10.0. The Labute approximate surface area is 184 Å². The zero-order valence-corrected chi connectivity index (χ0v) is 17.9. The number of aromatic nitrogens is 3. The third-order valence-corrected chi connectivity index (χ3v) is 5.58. The third kappa shape index (κ3) is 4.76. The molecule has 3 aromatic rings. The van der Waals surface area contributed by atoms with E-state index in [0.717, 1.165) is 25.9 Å². The number of amides is 2. The number of anilines is 1. The maximum atomic E-state index is 12.9. The molecular weight excluding hydrogens is 416 g/mol. The predicted octanol–water partition coefficient (Wildman–Crippen LogP) is 3.23. The Morgan fingerprint density at radius 1 is 1.26 bits per heavy atom. The van der Waals surface area contributed by atoms with Crippen LogP contribution in [0.5, 0.6) is 0 Å². The van der Waals surface area contributed by atoms with Crippen LogP contribution in [-0.2, 0) is 4.79 Å². The van der Waals surface area contributed by atoms with Crippen LogP contribution in [0.15, 0.2) is 43.1 Å². The lowest BCUT2D eigenvalue weighted by molar-refractivity contribution is -0.111. The molecule has 9 heteroatoms. The van der Waals surface area contributed by atoms with E-state index in [4.69, 9.17) is 11.6 Å². The number of aromatic amines is 1. The number of likely N-dealkylation sites (tertiary alicyclic amines) is 1. The lowest BCUT2D eigenvalue weighted by Gasteiger charge is -2.29. The average Bonchev–Trinajstić information content (AvgIpc) is 3.18. The smallest absolute Gasteiger partial charge is 0.272 e. The fraction of sp³-hybridized carbons (Fsp3) is 0.273. The summed E-state index contributed by atoms with van der Waals surface area (Å²) in [6.45, 7) is 5.37. The molecule has 0 unspecified atom stereocenters. The SMILES string of the molecule is C=CC(=O)Nc1cc(Cl)cc(-c2cc3c(C(=O)NC4CCN(C)CC4)n[nH]c3cn2)c1. The first-order valence-electron chi connectivity index (χ1n) is 10.0. The number of carbonyl (C=O) groups is 2. The molecule has 3 N–H and O–H groups in total. The maximum absolute atomic E-state index is 12.9. The molecule has 0 bridgehead atoms. The van der Waals surface area contributed by atoms with Crippen LogP contribution in [0.3, 0.4) is 0 Å². The molecule has 2 amide bonds. The van der Waals surface area contributed by atoms with Crippen molar-refractivity contribution in [1.82, 2.24) is 25.4 Å². The van der Waals surface area contributed by atoms with E-state index in [-0.39, 0.29) is 17.9 Å². The van der Waals surface area contributed by atoms with E-state index >= 15 is 0 Å². The van der Waals surface area contributed by atoms with Gasteiger partial charge in [-0.2, -0.15) is 5.10 Å². The third-order valence-electron chi connectivity index (χ3n) is 5.36. The molecule has 3 heterocycles. The molecule has 0 saturated carbocycles. The Morgan fingerprint density at radius 3 is 2.77 bits per heavy atom. The lowest BCUT2D eigenvalue weighted by Crippen LogP contribution is -2.43. The summed E-state index contributed by atoms with van der Waals surface area (Å²) in [5, 5.41) is 14.0. The Kier molecular flexibility index (Phi) is 6.01. The van der Waals surface area contributed by atoms with Gasteiger partial charge in [0.2, 0.25) is 5.91 Å². The topological polar surface area (TPSA) is 103 Å². The summed E-state index contributed by atoms with van der Waals surface area (Å²) >= 11 is 6.23. The number of benzene rings is 1. The van der Waals surface area contributed by atoms with Crippen LogP contribution in [0, 0.1) is 0 Å². The zero-order valence-electron chi connectivity index (χ0n) is 17.1. The molecule has 160 valence electrons. The Bertz CT molecular complexity index is 1150. The van der Waals surface area contributed by atoms with Crippen LogP contribution in [0.4, 0.5) is 5.69 Å². The molecule has 1 aliphatic heterocycles. The summed E-state index contributed by atoms with van der Waals surface area (Å²) in [7, 11) is 2.08. The van der Waals surface area contributed by atoms with Crippen molar-refractivity contribution in [2.24, 2.45) is 0 Å². The van der Waals surface area contributed by atoms with Crippen molar-refractivity contribution in [2.45, 2.75) is 18.9 Å². The van der Waals surface area contributed by atoms with Gasteiger partial charge in [-0.05, 0) is 63.3 Å². The van der Waals surface area contributed by atoms with Gasteiger partial charge in [0.25, 0.3) is 5.91 Å². The highest BCUT2D eigenvalue weighted by Crippen LogP contribution is 2.28. The van der Waals surface area contributed by atoms with E-state index in [9.17, 15) is 9.59 Å². The first-order chi connectivity index (χ1) is 14.9. The number of piperidine rings is 1. The molecule has 0 spiro atoms. The van der Waals surface area contributed by atoms with Crippen LogP contribution >= 0.6 is 11.6 Å². The molecule has 1 fully saturated rings. The van der Waals surface area contributed by atoms with Gasteiger partial charge in [0.1, 0.15) is 0 Å². The summed E-state index contributed by atoms with van der Waals surface area (Å²) in [5.74, 6) is -0.540. The molecule has 31 heavy (non-hydrogen) atoms. The Balaban J connectivity index is 1.62. The maximum Gasteiger partial charge on any atom is 0.272 e. The number of hydrogen-bond donors (Lipinski definition) is 3. The van der Waals surface area contributed by atoms with Crippen LogP contribution < -0.4 is 10.6 Å². The number of hydrogen-bond acceptors (Lipinski definition) is 5. The number of pyridine rings is 1. The average molecular weight is 439 g/mol. The van der Waals surface area contributed by atoms with Crippen LogP contribution in [0.1, 0.15) is 23.3 Å². The Morgan fingerprint density at radius 2 is 2.03 bits per heavy atom. The first kappa shape index (κ1) is 21.0. The van der Waals surface area contributed by atoms with Crippen molar-refractivity contribution < 1.29 is 9.59 Å². The van der Waals surface area contributed by atoms with Gasteiger partial charge in [-0.25, -0.2) is 0 Å². The summed E-state index contributed by atoms with van der Waals surface area (Å²) in [4.78, 5) is 31.2. The second-order valence-corrected chi connectivity index (χ2v) is 8.10. The molecule has 8 nitrogen and oxygen atoms in total. The van der Waals surface area contributed by atoms with Crippen molar-refractivity contribution in [2.75, 3.05) is 25.5 Å². The molecule has 0 aliphatic carbocycles. The van der Waals surface area contributed by atoms with Crippen molar-refractivity contribution in [1.29, 1.82) is 0 Å². The molecule has 1 saturated heterocycles. The highest BCUT2D eigenvalue weighted by Gasteiger charge is 2.22. The van der Waals surface area contributed by atoms with E-state index in [2.05, 4.69) is 44.3 Å². The number of nitrogens with one attached hydrogen (secondary N) is 3. The second-order valence-electron chi connectivity index (χ2n) is 7.66. The van der Waals surface area contributed by atoms with E-state index in [1.54, 1.807) is 30.5 Å². The number of carbonyl (C=O) groups excluding carboxylic acids is 2. The van der Waals surface area contributed by atoms with Gasteiger partial charge in [-0.3, -0.25) is 19.7 Å². The van der Waals surface area contributed by atoms with Gasteiger partial charge in [0, 0.05) is 27.7 Å². The van der Waals surface area contributed by atoms with Crippen LogP contribution in [0.25, 0.3) is 22.2 Å². The van der Waals surface area contributed by atoms with Gasteiger partial charge in [-0.15, -0.1) is 0 Å². The van der Waals surface area contributed by atoms with E-state index in [0.29, 0.717) is 38.6 Å². The number of fused-ring (bicyclic) bond motifs is 1. The zero-order chi connectivity index (χ0) is 22.0. The van der Waals surface area contributed by atoms with E-state index in [1.165, 1.54) is 6.08 Å². The second kappa shape index (κ2) is 8.87. The quantitative estimate of drug-likeness (QED) is 0.531. The van der Waals surface area contributed by atoms with Gasteiger partial charge >= 0.3 is 0 Å². The van der Waals surface area contributed by atoms with Crippen molar-refractivity contribution in [3.8, 4) is 11.3 Å². The number of halogens is 1. The predicted molar refractivity (Wildman–Crippen MR) is 121 cm³/mol. The fourth-order valence-electron chi connectivity index (χ4n) is 3.66. The number of nitrogens with zero attached hydrogens (tertiary/aromatic N) is 3. The monoisotopic (exact) mass is 438 g/mol. The van der Waals surface area contributed by atoms with Crippen LogP contribution in [-0.4, -0.2) is 58.1 Å². The van der Waals surface area contributed by atoms with E-state index < -0.39 is 0 Å². The minimum Gasteiger partial charge on any atom is -0.348 e. The molecule has 0 radical (unpaired) electrons. The molecule has 1 aromatic carbocycles.